The molecule has 4 aromatic carbocycles. The second-order valence-electron chi connectivity index (χ2n) is 26.2. The van der Waals surface area contributed by atoms with E-state index in [0.717, 1.165) is 0 Å². The van der Waals surface area contributed by atoms with Gasteiger partial charge in [-0.25, -0.2) is 0 Å². The van der Waals surface area contributed by atoms with Gasteiger partial charge in [-0.15, -0.1) is 0 Å². The van der Waals surface area contributed by atoms with Crippen molar-refractivity contribution in [2.45, 2.75) is 209 Å². The summed E-state index contributed by atoms with van der Waals surface area (Å²) in [5.41, 5.74) is 16.4. The van der Waals surface area contributed by atoms with Gasteiger partial charge in [0, 0.05) is 0 Å². The van der Waals surface area contributed by atoms with E-state index in [1.807, 2.05) is 0 Å². The molecule has 4 rings (SSSR count). The van der Waals surface area contributed by atoms with Crippen LogP contribution in [0.2, 0.25) is 0 Å². The third-order valence-corrected chi connectivity index (χ3v) is 12.7. The molecule has 0 aromatic heterocycles. The van der Waals surface area contributed by atoms with Crippen molar-refractivity contribution in [2.24, 2.45) is 0 Å². The second-order valence-corrected chi connectivity index (χ2v) is 26.2. The molecule has 0 saturated heterocycles. The lowest BCUT2D eigenvalue weighted by atomic mass is 9.12. The fourth-order valence-corrected chi connectivity index (χ4v) is 8.23. The zero-order valence-corrected chi connectivity index (χ0v) is 41.5. The van der Waals surface area contributed by atoms with E-state index in [0.29, 0.717) is 0 Å². The maximum Gasteiger partial charge on any atom is 0.108 e. The molecule has 0 N–H and O–H groups in total. The average Bonchev–Trinajstić information content (AvgIpc) is 3.01. The van der Waals surface area contributed by atoms with E-state index in [9.17, 15) is 0 Å². The highest BCUT2D eigenvalue weighted by molar-refractivity contribution is 7.20. The molecule has 0 heterocycles. The summed E-state index contributed by atoms with van der Waals surface area (Å²) in [6.07, 6.45) is -1.80. The van der Waals surface area contributed by atoms with Crippen molar-refractivity contribution in [1.82, 2.24) is 0 Å². The molecule has 0 spiro atoms. The normalized spacial score (nSPS) is 14.3. The van der Waals surface area contributed by atoms with Gasteiger partial charge in [-0.05, 0) is 87.8 Å². The van der Waals surface area contributed by atoms with Crippen LogP contribution >= 0.6 is 0 Å². The lowest BCUT2D eigenvalue weighted by Gasteiger charge is -2.48. The molecule has 0 unspecified atom stereocenters. The quantitative estimate of drug-likeness (QED) is 0.181. The van der Waals surface area contributed by atoms with Gasteiger partial charge in [-0.3, -0.25) is 0 Å². The highest BCUT2D eigenvalue weighted by Gasteiger charge is 2.38. The number of benzene rings is 4. The molecule has 1 heteroatoms. The van der Waals surface area contributed by atoms with E-state index in [-0.39, 0.29) is 43.3 Å². The van der Waals surface area contributed by atoms with Gasteiger partial charge in [0.1, 0.15) is 6.15 Å². The van der Waals surface area contributed by atoms with Crippen LogP contribution < -0.4 is 21.9 Å². The molecule has 0 fully saturated rings. The number of hydrogen-bond acceptors (Lipinski definition) is 0. The molecule has 0 bridgehead atoms. The largest absolute Gasteiger partial charge is 0.195 e. The maximum atomic E-state index is 2.62. The van der Waals surface area contributed by atoms with Crippen LogP contribution in [0.25, 0.3) is 0 Å². The fourth-order valence-electron chi connectivity index (χ4n) is 8.23. The molecule has 0 aliphatic rings. The van der Waals surface area contributed by atoms with Crippen LogP contribution in [0.1, 0.15) is 211 Å². The van der Waals surface area contributed by atoms with Crippen molar-refractivity contribution in [3.8, 4) is 0 Å². The van der Waals surface area contributed by atoms with Crippen LogP contribution in [0.3, 0.4) is 0 Å². The van der Waals surface area contributed by atoms with Crippen molar-refractivity contribution in [3.63, 3.8) is 0 Å². The van der Waals surface area contributed by atoms with Crippen LogP contribution in [-0.2, 0) is 43.3 Å². The summed E-state index contributed by atoms with van der Waals surface area (Å²) in [4.78, 5) is 0. The van der Waals surface area contributed by atoms with Crippen LogP contribution in [-0.4, -0.2) is 6.15 Å². The minimum atomic E-state index is -1.80. The highest BCUT2D eigenvalue weighted by atomic mass is 14.3. The fraction of sp³-hybridized carbons (Fsp3) is 0.571. The zero-order chi connectivity index (χ0) is 43.9. The minimum absolute atomic E-state index is 0.0463. The average molecular weight is 768 g/mol. The minimum Gasteiger partial charge on any atom is -0.195 e. The topological polar surface area (TPSA) is 0 Å². The highest BCUT2D eigenvalue weighted by Crippen LogP contribution is 2.36. The zero-order valence-electron chi connectivity index (χ0n) is 41.5. The Balaban J connectivity index is 2.62. The number of rotatable bonds is 4. The maximum absolute atomic E-state index is 2.62. The Hall–Kier alpha value is -3.06. The summed E-state index contributed by atoms with van der Waals surface area (Å²) in [7, 11) is 0. The molecule has 0 aliphatic carbocycles. The van der Waals surface area contributed by atoms with Crippen molar-refractivity contribution in [3.05, 3.63) is 117 Å². The molecule has 312 valence electrons. The van der Waals surface area contributed by atoms with Gasteiger partial charge < -0.3 is 0 Å². The predicted octanol–water partition coefficient (Wildman–Crippen LogP) is 13.4. The van der Waals surface area contributed by atoms with E-state index < -0.39 is 6.15 Å². The summed E-state index contributed by atoms with van der Waals surface area (Å²) in [5, 5.41) is 0. The van der Waals surface area contributed by atoms with Crippen LogP contribution in [0.4, 0.5) is 0 Å². The third kappa shape index (κ3) is 10.0. The Labute approximate surface area is 353 Å². The van der Waals surface area contributed by atoms with E-state index >= 15 is 0 Å². The molecule has 0 saturated carbocycles. The Morgan fingerprint density at radius 1 is 0.193 bits per heavy atom. The van der Waals surface area contributed by atoms with Crippen LogP contribution in [0.5, 0.6) is 0 Å². The Bertz CT molecular complexity index is 1640. The summed E-state index contributed by atoms with van der Waals surface area (Å²) < 4.78 is 0. The summed E-state index contributed by atoms with van der Waals surface area (Å²) in [6.45, 7) is 57.4. The molecule has 0 amide bonds. The van der Waals surface area contributed by atoms with Gasteiger partial charge in [0.2, 0.25) is 0 Å². The van der Waals surface area contributed by atoms with E-state index in [1.165, 1.54) is 66.4 Å². The van der Waals surface area contributed by atoms with E-state index in [4.69, 9.17) is 0 Å². The smallest absolute Gasteiger partial charge is 0.108 e. The summed E-state index contributed by atoms with van der Waals surface area (Å²) in [6, 6.07) is 31.0. The SMILES string of the molecule is CC(C)(C)c1cc([B-](c2cc(C(C)(C)C)cc(C(C)(C)C)c2)(c2cc(C(C)(C)C)cc(C(C)(C)C)c2)c2cc(C(C)(C)C)cc(C(C)(C)C)c2)cc(C(C)(C)C)c1. The molecule has 0 aliphatic heterocycles. The van der Waals surface area contributed by atoms with Gasteiger partial charge >= 0.3 is 0 Å². The first-order valence-electron chi connectivity index (χ1n) is 22.1. The van der Waals surface area contributed by atoms with Gasteiger partial charge in [0.15, 0.2) is 0 Å². The Morgan fingerprint density at radius 2 is 0.298 bits per heavy atom. The second kappa shape index (κ2) is 14.6. The Morgan fingerprint density at radius 3 is 0.386 bits per heavy atom. The van der Waals surface area contributed by atoms with Crippen LogP contribution in [0.15, 0.2) is 72.8 Å². The molecule has 4 aromatic rings. The lowest BCUT2D eigenvalue weighted by Crippen LogP contribution is -2.75. The summed E-state index contributed by atoms with van der Waals surface area (Å²) in [5.74, 6) is 0. The molecule has 0 radical (unpaired) electrons. The van der Waals surface area contributed by atoms with Crippen molar-refractivity contribution in [1.29, 1.82) is 0 Å². The predicted molar refractivity (Wildman–Crippen MR) is 260 cm³/mol. The van der Waals surface area contributed by atoms with Crippen LogP contribution in [0, 0.1) is 0 Å². The standard InChI is InChI=1S/C56H84B/c1-49(2,3)37-25-38(50(4,5)6)30-45(29-37)57(46-31-39(51(7,8)9)26-40(32-46)52(10,11)12,47-33-41(53(13,14)15)27-42(34-47)54(16,17)18)48-35-43(55(19,20)21)28-44(36-48)56(22,23)24/h25-36H,1-24H3/q-1. The number of hydrogen-bond donors (Lipinski definition) is 0. The van der Waals surface area contributed by atoms with Gasteiger partial charge in [-0.2, -0.15) is 21.9 Å². The first-order valence-corrected chi connectivity index (χ1v) is 22.1. The molecular formula is C56H84B-. The first kappa shape index (κ1) is 46.6. The summed E-state index contributed by atoms with van der Waals surface area (Å²) >= 11 is 0. The third-order valence-electron chi connectivity index (χ3n) is 12.7. The molecule has 0 nitrogen and oxygen atoms in total. The Kier molecular flexibility index (Phi) is 11.9. The van der Waals surface area contributed by atoms with Crippen molar-refractivity contribution >= 4 is 28.0 Å². The van der Waals surface area contributed by atoms with Crippen molar-refractivity contribution in [2.75, 3.05) is 0 Å². The first-order chi connectivity index (χ1) is 25.3. The van der Waals surface area contributed by atoms with Crippen molar-refractivity contribution < 1.29 is 0 Å². The molecular weight excluding hydrogens is 683 g/mol. The molecule has 57 heavy (non-hydrogen) atoms. The van der Waals surface area contributed by atoms with Gasteiger partial charge in [0.05, 0.1) is 0 Å². The van der Waals surface area contributed by atoms with E-state index in [1.54, 1.807) is 0 Å². The van der Waals surface area contributed by atoms with E-state index in [2.05, 4.69) is 239 Å². The van der Waals surface area contributed by atoms with Gasteiger partial charge in [0.25, 0.3) is 0 Å². The van der Waals surface area contributed by atoms with Gasteiger partial charge in [-0.1, -0.05) is 239 Å². The molecule has 0 atom stereocenters. The monoisotopic (exact) mass is 768 g/mol. The lowest BCUT2D eigenvalue weighted by molar-refractivity contribution is 0.569.